The second kappa shape index (κ2) is 11.6. The largest absolute Gasteiger partial charge is 0.497 e. The number of nitrogens with zero attached hydrogens (tertiary/aromatic N) is 1. The molecule has 2 aromatic rings. The summed E-state index contributed by atoms with van der Waals surface area (Å²) in [5.74, 6) is 3.91. The summed E-state index contributed by atoms with van der Waals surface area (Å²) in [6, 6.07) is 13.6. The molecule has 0 bridgehead atoms. The van der Waals surface area contributed by atoms with E-state index in [9.17, 15) is 0 Å². The first-order valence-corrected chi connectivity index (χ1v) is 9.31. The topological polar surface area (TPSA) is 73.3 Å². The van der Waals surface area contributed by atoms with Crippen LogP contribution in [-0.4, -0.2) is 46.1 Å². The van der Waals surface area contributed by atoms with Crippen molar-refractivity contribution < 1.29 is 18.9 Å². The predicted octanol–water partition coefficient (Wildman–Crippen LogP) is 3.22. The number of methoxy groups -OCH3 is 1. The second-order valence-electron chi connectivity index (χ2n) is 6.42. The van der Waals surface area contributed by atoms with E-state index in [0.29, 0.717) is 13.3 Å². The van der Waals surface area contributed by atoms with Crippen molar-refractivity contribution in [3.8, 4) is 23.0 Å². The molecule has 1 unspecified atom stereocenters. The van der Waals surface area contributed by atoms with Gasteiger partial charge in [-0.25, -0.2) is 0 Å². The number of rotatable bonds is 8. The molecule has 0 saturated heterocycles. The lowest BCUT2D eigenvalue weighted by molar-refractivity contribution is 0.174. The number of halogens is 1. The Morgan fingerprint density at radius 2 is 1.90 bits per heavy atom. The van der Waals surface area contributed by atoms with E-state index < -0.39 is 0 Å². The molecule has 29 heavy (non-hydrogen) atoms. The van der Waals surface area contributed by atoms with Crippen molar-refractivity contribution in [1.82, 2.24) is 10.6 Å². The van der Waals surface area contributed by atoms with E-state index in [1.165, 1.54) is 5.56 Å². The molecule has 8 heteroatoms. The third-order valence-corrected chi connectivity index (χ3v) is 4.30. The minimum atomic E-state index is -0.0282. The van der Waals surface area contributed by atoms with Gasteiger partial charge in [-0.05, 0) is 43.2 Å². The summed E-state index contributed by atoms with van der Waals surface area (Å²) in [4.78, 5) is 4.26. The minimum absolute atomic E-state index is 0. The van der Waals surface area contributed by atoms with Gasteiger partial charge in [-0.2, -0.15) is 0 Å². The second-order valence-corrected chi connectivity index (χ2v) is 6.42. The summed E-state index contributed by atoms with van der Waals surface area (Å²) < 4.78 is 21.9. The Labute approximate surface area is 188 Å². The van der Waals surface area contributed by atoms with Gasteiger partial charge >= 0.3 is 0 Å². The van der Waals surface area contributed by atoms with Crippen LogP contribution in [0.4, 0.5) is 0 Å². The maximum atomic E-state index is 5.92. The molecule has 3 rings (SSSR count). The third kappa shape index (κ3) is 6.88. The van der Waals surface area contributed by atoms with Crippen molar-refractivity contribution in [2.45, 2.75) is 19.4 Å². The fourth-order valence-corrected chi connectivity index (χ4v) is 2.83. The summed E-state index contributed by atoms with van der Waals surface area (Å²) >= 11 is 0. The summed E-state index contributed by atoms with van der Waals surface area (Å²) in [5, 5.41) is 6.60. The Morgan fingerprint density at radius 3 is 2.69 bits per heavy atom. The van der Waals surface area contributed by atoms with Gasteiger partial charge in [-0.15, -0.1) is 24.0 Å². The Hall–Kier alpha value is -2.36. The Kier molecular flexibility index (Phi) is 9.17. The number of guanidine groups is 1. The van der Waals surface area contributed by atoms with Crippen molar-refractivity contribution in [2.24, 2.45) is 4.99 Å². The van der Waals surface area contributed by atoms with Crippen LogP contribution in [0.2, 0.25) is 0 Å². The van der Waals surface area contributed by atoms with Gasteiger partial charge in [0.25, 0.3) is 0 Å². The number of hydrogen-bond donors (Lipinski definition) is 2. The molecule has 0 saturated carbocycles. The fraction of sp³-hybridized carbons (Fsp3) is 0.381. The first-order chi connectivity index (χ1) is 13.7. The molecule has 1 aliphatic heterocycles. The van der Waals surface area contributed by atoms with E-state index in [4.69, 9.17) is 18.9 Å². The predicted molar refractivity (Wildman–Crippen MR) is 124 cm³/mol. The molecule has 158 valence electrons. The third-order valence-electron chi connectivity index (χ3n) is 4.30. The summed E-state index contributed by atoms with van der Waals surface area (Å²) in [6.07, 6.45) is 0.826. The Balaban J connectivity index is 0.00000300. The number of fused-ring (bicyclic) bond motifs is 1. The standard InChI is InChI=1S/C21H27N3O4.HI/c1-15(28-18-6-4-5-17(12-18)25-3)13-24-21(22-2)23-10-9-16-7-8-19-20(11-16)27-14-26-19;/h4-8,11-12,15H,9-10,13-14H2,1-3H3,(H2,22,23,24);1H. The molecule has 7 nitrogen and oxygen atoms in total. The van der Waals surface area contributed by atoms with E-state index in [2.05, 4.69) is 21.7 Å². The molecule has 0 radical (unpaired) electrons. The number of nitrogens with one attached hydrogen (secondary N) is 2. The van der Waals surface area contributed by atoms with Crippen LogP contribution < -0.4 is 29.6 Å². The average molecular weight is 513 g/mol. The highest BCUT2D eigenvalue weighted by Gasteiger charge is 2.13. The van der Waals surface area contributed by atoms with Crippen LogP contribution >= 0.6 is 24.0 Å². The van der Waals surface area contributed by atoms with Gasteiger partial charge in [-0.3, -0.25) is 4.99 Å². The zero-order chi connectivity index (χ0) is 19.8. The van der Waals surface area contributed by atoms with Crippen molar-refractivity contribution in [2.75, 3.05) is 34.0 Å². The maximum absolute atomic E-state index is 5.92. The minimum Gasteiger partial charge on any atom is -0.497 e. The van der Waals surface area contributed by atoms with Crippen LogP contribution in [0.5, 0.6) is 23.0 Å². The molecule has 0 aliphatic carbocycles. The van der Waals surface area contributed by atoms with E-state index in [1.54, 1.807) is 14.2 Å². The lowest BCUT2D eigenvalue weighted by Gasteiger charge is -2.18. The summed E-state index contributed by atoms with van der Waals surface area (Å²) in [7, 11) is 3.40. The van der Waals surface area contributed by atoms with Gasteiger partial charge in [-0.1, -0.05) is 12.1 Å². The molecule has 1 atom stereocenters. The number of hydrogen-bond acceptors (Lipinski definition) is 5. The molecule has 1 aliphatic rings. The number of benzene rings is 2. The lowest BCUT2D eigenvalue weighted by Crippen LogP contribution is -2.42. The Bertz CT molecular complexity index is 816. The van der Waals surface area contributed by atoms with Crippen LogP contribution in [-0.2, 0) is 6.42 Å². The van der Waals surface area contributed by atoms with Crippen molar-refractivity contribution in [3.05, 3.63) is 48.0 Å². The molecular weight excluding hydrogens is 485 g/mol. The highest BCUT2D eigenvalue weighted by molar-refractivity contribution is 14.0. The molecule has 2 N–H and O–H groups in total. The average Bonchev–Trinajstić information content (AvgIpc) is 3.18. The SMILES string of the molecule is CN=C(NCCc1ccc2c(c1)OCO2)NCC(C)Oc1cccc(OC)c1.I. The molecule has 0 spiro atoms. The first kappa shape index (κ1) is 22.9. The Morgan fingerprint density at radius 1 is 1.10 bits per heavy atom. The zero-order valence-electron chi connectivity index (χ0n) is 16.9. The van der Waals surface area contributed by atoms with Crippen molar-refractivity contribution in [1.29, 1.82) is 0 Å². The van der Waals surface area contributed by atoms with Crippen LogP contribution in [0.15, 0.2) is 47.5 Å². The molecule has 0 amide bonds. The maximum Gasteiger partial charge on any atom is 0.231 e. The molecule has 0 fully saturated rings. The van der Waals surface area contributed by atoms with Crippen LogP contribution in [0.25, 0.3) is 0 Å². The monoisotopic (exact) mass is 513 g/mol. The smallest absolute Gasteiger partial charge is 0.231 e. The van der Waals surface area contributed by atoms with E-state index in [-0.39, 0.29) is 30.1 Å². The van der Waals surface area contributed by atoms with Gasteiger partial charge in [0.2, 0.25) is 6.79 Å². The molecular formula is C21H28IN3O4. The van der Waals surface area contributed by atoms with E-state index in [0.717, 1.165) is 41.9 Å². The van der Waals surface area contributed by atoms with Crippen molar-refractivity contribution in [3.63, 3.8) is 0 Å². The van der Waals surface area contributed by atoms with Crippen LogP contribution in [0.3, 0.4) is 0 Å². The molecule has 1 heterocycles. The normalized spacial score (nSPS) is 13.3. The molecule has 2 aromatic carbocycles. The first-order valence-electron chi connectivity index (χ1n) is 9.31. The number of aliphatic imine (C=N–C) groups is 1. The van der Waals surface area contributed by atoms with Crippen LogP contribution in [0.1, 0.15) is 12.5 Å². The molecule has 0 aromatic heterocycles. The lowest BCUT2D eigenvalue weighted by atomic mass is 10.1. The summed E-state index contributed by atoms with van der Waals surface area (Å²) in [6.45, 7) is 3.68. The highest BCUT2D eigenvalue weighted by atomic mass is 127. The van der Waals surface area contributed by atoms with E-state index >= 15 is 0 Å². The van der Waals surface area contributed by atoms with Gasteiger partial charge in [0, 0.05) is 19.7 Å². The van der Waals surface area contributed by atoms with Gasteiger partial charge in [0.15, 0.2) is 17.5 Å². The quantitative estimate of drug-likeness (QED) is 0.321. The van der Waals surface area contributed by atoms with Crippen molar-refractivity contribution >= 4 is 29.9 Å². The van der Waals surface area contributed by atoms with E-state index in [1.807, 2.05) is 43.3 Å². The van der Waals surface area contributed by atoms with Crippen LogP contribution in [0, 0.1) is 0 Å². The fourth-order valence-electron chi connectivity index (χ4n) is 2.83. The van der Waals surface area contributed by atoms with Gasteiger partial charge < -0.3 is 29.6 Å². The van der Waals surface area contributed by atoms with Gasteiger partial charge in [0.1, 0.15) is 17.6 Å². The zero-order valence-corrected chi connectivity index (χ0v) is 19.3. The summed E-state index contributed by atoms with van der Waals surface area (Å²) in [5.41, 5.74) is 1.18. The van der Waals surface area contributed by atoms with Gasteiger partial charge in [0.05, 0.1) is 13.7 Å². The number of ether oxygens (including phenoxy) is 4. The highest BCUT2D eigenvalue weighted by Crippen LogP contribution is 2.32.